The lowest BCUT2D eigenvalue weighted by molar-refractivity contribution is -0.120. The van der Waals surface area contributed by atoms with Gasteiger partial charge in [0.25, 0.3) is 11.8 Å². The summed E-state index contributed by atoms with van der Waals surface area (Å²) in [5.74, 6) is 0.478. The van der Waals surface area contributed by atoms with Crippen LogP contribution >= 0.6 is 0 Å². The molecule has 8 nitrogen and oxygen atoms in total. The highest BCUT2D eigenvalue weighted by Gasteiger charge is 2.13. The number of nitrogens with one attached hydrogen (secondary N) is 2. The van der Waals surface area contributed by atoms with Gasteiger partial charge in [0.15, 0.2) is 11.5 Å². The van der Waals surface area contributed by atoms with Gasteiger partial charge in [0.1, 0.15) is 18.9 Å². The fourth-order valence-corrected chi connectivity index (χ4v) is 2.27. The molecule has 0 aliphatic carbocycles. The number of carbonyl (C=O) groups excluding carboxylic acids is 2. The highest BCUT2D eigenvalue weighted by molar-refractivity contribution is 6.00. The minimum absolute atomic E-state index is 0.201. The maximum atomic E-state index is 11.8. The zero-order chi connectivity index (χ0) is 18.4. The number of aromatic nitrogens is 1. The number of amides is 2. The minimum atomic E-state index is -0.439. The first-order valence-electron chi connectivity index (χ1n) is 8.06. The van der Waals surface area contributed by atoms with Crippen molar-refractivity contribution in [3.63, 3.8) is 0 Å². The molecule has 26 heavy (non-hydrogen) atoms. The Labute approximate surface area is 150 Å². The second kappa shape index (κ2) is 8.11. The highest BCUT2D eigenvalue weighted by Crippen LogP contribution is 2.30. The maximum absolute atomic E-state index is 11.8. The van der Waals surface area contributed by atoms with Crippen LogP contribution in [0.2, 0.25) is 0 Å². The molecule has 0 unspecified atom stereocenters. The largest absolute Gasteiger partial charge is 0.486 e. The summed E-state index contributed by atoms with van der Waals surface area (Å²) in [5.41, 5.74) is 4.06. The first-order valence-corrected chi connectivity index (χ1v) is 8.06. The third-order valence-electron chi connectivity index (χ3n) is 3.62. The fraction of sp³-hybridized carbons (Fsp3) is 0.222. The van der Waals surface area contributed by atoms with E-state index in [1.54, 1.807) is 31.2 Å². The van der Waals surface area contributed by atoms with E-state index >= 15 is 0 Å². The van der Waals surface area contributed by atoms with Crippen LogP contribution in [0, 0.1) is 0 Å². The molecule has 134 valence electrons. The summed E-state index contributed by atoms with van der Waals surface area (Å²) in [6.45, 7) is 2.59. The molecule has 0 spiro atoms. The molecule has 1 aliphatic heterocycles. The zero-order valence-electron chi connectivity index (χ0n) is 14.2. The summed E-state index contributed by atoms with van der Waals surface area (Å²) in [7, 11) is 0. The van der Waals surface area contributed by atoms with Crippen LogP contribution in [0.15, 0.2) is 47.7 Å². The number of hydrazone groups is 1. The SMILES string of the molecule is CC(=NNC(=O)CNC(=O)c1ccccn1)c1ccc2c(c1)OCCO2. The van der Waals surface area contributed by atoms with Gasteiger partial charge in [-0.1, -0.05) is 6.07 Å². The van der Waals surface area contributed by atoms with Crippen molar-refractivity contribution < 1.29 is 19.1 Å². The summed E-state index contributed by atoms with van der Waals surface area (Å²) in [6, 6.07) is 10.4. The Kier molecular flexibility index (Phi) is 5.43. The van der Waals surface area contributed by atoms with Gasteiger partial charge < -0.3 is 14.8 Å². The Morgan fingerprint density at radius 3 is 2.73 bits per heavy atom. The lowest BCUT2D eigenvalue weighted by Crippen LogP contribution is -2.35. The molecule has 0 fully saturated rings. The van der Waals surface area contributed by atoms with Crippen molar-refractivity contribution in [1.29, 1.82) is 0 Å². The number of rotatable bonds is 5. The van der Waals surface area contributed by atoms with Crippen LogP contribution in [-0.4, -0.2) is 42.3 Å². The molecule has 0 saturated carbocycles. The Bertz CT molecular complexity index is 836. The molecule has 3 rings (SSSR count). The van der Waals surface area contributed by atoms with Crippen molar-refractivity contribution in [3.05, 3.63) is 53.9 Å². The van der Waals surface area contributed by atoms with Gasteiger partial charge in [0, 0.05) is 11.8 Å². The predicted molar refractivity (Wildman–Crippen MR) is 94.4 cm³/mol. The minimum Gasteiger partial charge on any atom is -0.486 e. The first-order chi connectivity index (χ1) is 12.6. The zero-order valence-corrected chi connectivity index (χ0v) is 14.2. The van der Waals surface area contributed by atoms with Crippen LogP contribution < -0.4 is 20.2 Å². The van der Waals surface area contributed by atoms with E-state index in [-0.39, 0.29) is 12.2 Å². The molecular formula is C18H18N4O4. The van der Waals surface area contributed by atoms with E-state index in [4.69, 9.17) is 9.47 Å². The van der Waals surface area contributed by atoms with E-state index in [0.29, 0.717) is 30.4 Å². The average Bonchev–Trinajstić information content (AvgIpc) is 2.70. The molecule has 1 aliphatic rings. The number of fused-ring (bicyclic) bond motifs is 1. The molecule has 8 heteroatoms. The Hall–Kier alpha value is -3.42. The average molecular weight is 354 g/mol. The molecule has 2 amide bonds. The predicted octanol–water partition coefficient (Wildman–Crippen LogP) is 1.12. The molecular weight excluding hydrogens is 336 g/mol. The van der Waals surface area contributed by atoms with Crippen molar-refractivity contribution in [2.75, 3.05) is 19.8 Å². The molecule has 0 bridgehead atoms. The highest BCUT2D eigenvalue weighted by atomic mass is 16.6. The number of hydrogen-bond donors (Lipinski definition) is 2. The van der Waals surface area contributed by atoms with Crippen molar-refractivity contribution in [3.8, 4) is 11.5 Å². The fourth-order valence-electron chi connectivity index (χ4n) is 2.27. The Morgan fingerprint density at radius 2 is 1.96 bits per heavy atom. The normalized spacial score (nSPS) is 13.0. The molecule has 2 N–H and O–H groups in total. The maximum Gasteiger partial charge on any atom is 0.270 e. The van der Waals surface area contributed by atoms with Gasteiger partial charge >= 0.3 is 0 Å². The molecule has 0 saturated heterocycles. The lowest BCUT2D eigenvalue weighted by atomic mass is 10.1. The van der Waals surface area contributed by atoms with Crippen molar-refractivity contribution in [2.45, 2.75) is 6.92 Å². The van der Waals surface area contributed by atoms with Gasteiger partial charge in [-0.05, 0) is 37.3 Å². The van der Waals surface area contributed by atoms with Gasteiger partial charge in [-0.3, -0.25) is 14.6 Å². The smallest absolute Gasteiger partial charge is 0.270 e. The van der Waals surface area contributed by atoms with Crippen molar-refractivity contribution in [1.82, 2.24) is 15.7 Å². The number of nitrogens with zero attached hydrogens (tertiary/aromatic N) is 2. The second-order valence-corrected chi connectivity index (χ2v) is 5.49. The lowest BCUT2D eigenvalue weighted by Gasteiger charge is -2.18. The van der Waals surface area contributed by atoms with E-state index in [1.807, 2.05) is 12.1 Å². The van der Waals surface area contributed by atoms with Crippen LogP contribution in [0.25, 0.3) is 0 Å². The van der Waals surface area contributed by atoms with Crippen LogP contribution in [0.4, 0.5) is 0 Å². The number of pyridine rings is 1. The summed E-state index contributed by atoms with van der Waals surface area (Å²) in [4.78, 5) is 27.6. The second-order valence-electron chi connectivity index (χ2n) is 5.49. The van der Waals surface area contributed by atoms with E-state index in [9.17, 15) is 9.59 Å². The summed E-state index contributed by atoms with van der Waals surface area (Å²) in [6.07, 6.45) is 1.51. The summed E-state index contributed by atoms with van der Waals surface area (Å²) >= 11 is 0. The van der Waals surface area contributed by atoms with Crippen LogP contribution in [-0.2, 0) is 4.79 Å². The monoisotopic (exact) mass is 354 g/mol. The number of hydrogen-bond acceptors (Lipinski definition) is 6. The molecule has 1 aromatic carbocycles. The molecule has 0 atom stereocenters. The van der Waals surface area contributed by atoms with Gasteiger partial charge in [-0.15, -0.1) is 0 Å². The molecule has 2 aromatic rings. The van der Waals surface area contributed by atoms with Gasteiger partial charge in [0.2, 0.25) is 0 Å². The Morgan fingerprint density at radius 1 is 1.15 bits per heavy atom. The molecule has 0 radical (unpaired) electrons. The van der Waals surface area contributed by atoms with Gasteiger partial charge in [-0.25, -0.2) is 5.43 Å². The van der Waals surface area contributed by atoms with E-state index < -0.39 is 11.8 Å². The van der Waals surface area contributed by atoms with Crippen LogP contribution in [0.1, 0.15) is 23.0 Å². The summed E-state index contributed by atoms with van der Waals surface area (Å²) < 4.78 is 11.0. The van der Waals surface area contributed by atoms with E-state index in [1.165, 1.54) is 6.20 Å². The first kappa shape index (κ1) is 17.4. The van der Waals surface area contributed by atoms with E-state index in [0.717, 1.165) is 5.56 Å². The third kappa shape index (κ3) is 4.35. The van der Waals surface area contributed by atoms with Crippen LogP contribution in [0.5, 0.6) is 11.5 Å². The van der Waals surface area contributed by atoms with Crippen molar-refractivity contribution in [2.24, 2.45) is 5.10 Å². The third-order valence-corrected chi connectivity index (χ3v) is 3.62. The van der Waals surface area contributed by atoms with Crippen molar-refractivity contribution >= 4 is 17.5 Å². The number of carbonyl (C=O) groups is 2. The van der Waals surface area contributed by atoms with Gasteiger partial charge in [-0.2, -0.15) is 5.10 Å². The van der Waals surface area contributed by atoms with Gasteiger partial charge in [0.05, 0.1) is 12.3 Å². The van der Waals surface area contributed by atoms with E-state index in [2.05, 4.69) is 20.8 Å². The topological polar surface area (TPSA) is 102 Å². The Balaban J connectivity index is 1.53. The molecule has 1 aromatic heterocycles. The number of ether oxygens (including phenoxy) is 2. The molecule has 2 heterocycles. The number of benzene rings is 1. The van der Waals surface area contributed by atoms with Crippen LogP contribution in [0.3, 0.4) is 0 Å². The quantitative estimate of drug-likeness (QED) is 0.619. The standard InChI is InChI=1S/C18H18N4O4/c1-12(13-5-6-15-16(10-13)26-9-8-25-15)21-22-17(23)11-20-18(24)14-4-2-3-7-19-14/h2-7,10H,8-9,11H2,1H3,(H,20,24)(H,22,23). The summed E-state index contributed by atoms with van der Waals surface area (Å²) in [5, 5.41) is 6.53.